The van der Waals surface area contributed by atoms with E-state index < -0.39 is 5.92 Å². The van der Waals surface area contributed by atoms with Crippen LogP contribution in [-0.4, -0.2) is 31.0 Å². The van der Waals surface area contributed by atoms with Crippen molar-refractivity contribution in [3.63, 3.8) is 0 Å². The predicted octanol–water partition coefficient (Wildman–Crippen LogP) is 2.37. The van der Waals surface area contributed by atoms with Crippen LogP contribution in [0.25, 0.3) is 0 Å². The van der Waals surface area contributed by atoms with Crippen molar-refractivity contribution in [1.82, 2.24) is 4.90 Å². The maximum Gasteiger partial charge on any atom is 0.245 e. The molecule has 0 N–H and O–H groups in total. The van der Waals surface area contributed by atoms with E-state index in [-0.39, 0.29) is 12.5 Å². The highest BCUT2D eigenvalue weighted by Crippen LogP contribution is 2.20. The summed E-state index contributed by atoms with van der Waals surface area (Å²) in [5.74, 6) is -2.51. The number of alkyl halides is 2. The van der Waals surface area contributed by atoms with Gasteiger partial charge in [0.25, 0.3) is 0 Å². The van der Waals surface area contributed by atoms with Crippen molar-refractivity contribution in [3.8, 4) is 0 Å². The van der Waals surface area contributed by atoms with E-state index in [1.807, 2.05) is 25.9 Å². The third kappa shape index (κ3) is 6.23. The lowest BCUT2D eigenvalue weighted by molar-refractivity contribution is 0.00569. The number of rotatable bonds is 4. The second-order valence-corrected chi connectivity index (χ2v) is 3.42. The van der Waals surface area contributed by atoms with Crippen LogP contribution in [0.1, 0.15) is 26.7 Å². The number of hydrogen-bond acceptors (Lipinski definition) is 1. The number of halogens is 2. The molecular formula is C8H17F2N. The summed E-state index contributed by atoms with van der Waals surface area (Å²) >= 11 is 0. The van der Waals surface area contributed by atoms with E-state index in [4.69, 9.17) is 0 Å². The summed E-state index contributed by atoms with van der Waals surface area (Å²) in [4.78, 5) is 1.95. The molecule has 68 valence electrons. The summed E-state index contributed by atoms with van der Waals surface area (Å²) in [6, 6.07) is 0.237. The van der Waals surface area contributed by atoms with Gasteiger partial charge in [-0.1, -0.05) is 0 Å². The van der Waals surface area contributed by atoms with Gasteiger partial charge < -0.3 is 4.90 Å². The first-order valence-electron chi connectivity index (χ1n) is 3.87. The standard InChI is InChI=1S/C8H17F2N/c1-7(11(3)4)5-6-8(2,9)10/h7H,5-6H2,1-4H3/t7-/m1/s1. The maximum absolute atomic E-state index is 12.3. The molecule has 0 aromatic heterocycles. The maximum atomic E-state index is 12.3. The zero-order chi connectivity index (χ0) is 9.07. The van der Waals surface area contributed by atoms with E-state index >= 15 is 0 Å². The molecular weight excluding hydrogens is 148 g/mol. The van der Waals surface area contributed by atoms with Gasteiger partial charge in [-0.3, -0.25) is 0 Å². The van der Waals surface area contributed by atoms with Crippen LogP contribution in [0.2, 0.25) is 0 Å². The van der Waals surface area contributed by atoms with Crippen molar-refractivity contribution >= 4 is 0 Å². The zero-order valence-corrected chi connectivity index (χ0v) is 7.69. The molecule has 1 nitrogen and oxygen atoms in total. The SMILES string of the molecule is C[C@H](CCC(C)(F)F)N(C)C. The molecule has 0 aromatic rings. The lowest BCUT2D eigenvalue weighted by atomic mass is 10.1. The smallest absolute Gasteiger partial charge is 0.245 e. The minimum Gasteiger partial charge on any atom is -0.307 e. The van der Waals surface area contributed by atoms with Crippen LogP contribution in [-0.2, 0) is 0 Å². The van der Waals surface area contributed by atoms with E-state index in [1.165, 1.54) is 0 Å². The molecule has 0 spiro atoms. The van der Waals surface area contributed by atoms with Crippen molar-refractivity contribution in [2.45, 2.75) is 38.7 Å². The summed E-state index contributed by atoms with van der Waals surface area (Å²) < 4.78 is 24.7. The van der Waals surface area contributed by atoms with E-state index in [2.05, 4.69) is 0 Å². The number of hydrogen-bond donors (Lipinski definition) is 0. The van der Waals surface area contributed by atoms with Crippen LogP contribution >= 0.6 is 0 Å². The van der Waals surface area contributed by atoms with Gasteiger partial charge in [0.15, 0.2) is 0 Å². The highest BCUT2D eigenvalue weighted by Gasteiger charge is 2.21. The Balaban J connectivity index is 3.54. The highest BCUT2D eigenvalue weighted by molar-refractivity contribution is 4.65. The van der Waals surface area contributed by atoms with Gasteiger partial charge in [-0.2, -0.15) is 0 Å². The Morgan fingerprint density at radius 2 is 1.82 bits per heavy atom. The molecule has 0 fully saturated rings. The third-order valence-electron chi connectivity index (χ3n) is 1.88. The van der Waals surface area contributed by atoms with Crippen molar-refractivity contribution < 1.29 is 8.78 Å². The zero-order valence-electron chi connectivity index (χ0n) is 7.69. The highest BCUT2D eigenvalue weighted by atomic mass is 19.3. The van der Waals surface area contributed by atoms with E-state index in [1.54, 1.807) is 0 Å². The van der Waals surface area contributed by atoms with Crippen LogP contribution in [0.5, 0.6) is 0 Å². The molecule has 0 aliphatic rings. The van der Waals surface area contributed by atoms with Gasteiger partial charge >= 0.3 is 0 Å². The minimum absolute atomic E-state index is 0.0215. The van der Waals surface area contributed by atoms with Crippen LogP contribution < -0.4 is 0 Å². The summed E-state index contributed by atoms with van der Waals surface area (Å²) in [7, 11) is 3.80. The number of nitrogens with zero attached hydrogens (tertiary/aromatic N) is 1. The largest absolute Gasteiger partial charge is 0.307 e. The summed E-state index contributed by atoms with van der Waals surface area (Å²) in [6.07, 6.45) is 0.531. The first kappa shape index (κ1) is 10.8. The monoisotopic (exact) mass is 165 g/mol. The summed E-state index contributed by atoms with van der Waals surface area (Å²) in [5, 5.41) is 0. The molecule has 0 aromatic carbocycles. The molecule has 3 heteroatoms. The van der Waals surface area contributed by atoms with E-state index in [0.717, 1.165) is 6.92 Å². The average molecular weight is 165 g/mol. The molecule has 0 saturated carbocycles. The van der Waals surface area contributed by atoms with Gasteiger partial charge in [-0.25, -0.2) is 8.78 Å². The van der Waals surface area contributed by atoms with Crippen molar-refractivity contribution in [2.24, 2.45) is 0 Å². The van der Waals surface area contributed by atoms with Gasteiger partial charge in [0.2, 0.25) is 5.92 Å². The molecule has 0 saturated heterocycles. The molecule has 0 rings (SSSR count). The van der Waals surface area contributed by atoms with Gasteiger partial charge in [0, 0.05) is 12.5 Å². The second kappa shape index (κ2) is 4.00. The van der Waals surface area contributed by atoms with Gasteiger partial charge in [0.1, 0.15) is 0 Å². The van der Waals surface area contributed by atoms with Crippen molar-refractivity contribution in [2.75, 3.05) is 14.1 Å². The predicted molar refractivity (Wildman–Crippen MR) is 43.0 cm³/mol. The quantitative estimate of drug-likeness (QED) is 0.618. The molecule has 0 aliphatic heterocycles. The normalized spacial score (nSPS) is 15.5. The van der Waals surface area contributed by atoms with Crippen LogP contribution in [0.15, 0.2) is 0 Å². The summed E-state index contributed by atoms with van der Waals surface area (Å²) in [5.41, 5.74) is 0. The van der Waals surface area contributed by atoms with Crippen LogP contribution in [0.4, 0.5) is 8.78 Å². The lowest BCUT2D eigenvalue weighted by Gasteiger charge is -2.21. The van der Waals surface area contributed by atoms with Crippen molar-refractivity contribution in [1.29, 1.82) is 0 Å². The first-order valence-corrected chi connectivity index (χ1v) is 3.87. The molecule has 0 amide bonds. The fraction of sp³-hybridized carbons (Fsp3) is 1.00. The Bertz CT molecular complexity index is 107. The minimum atomic E-state index is -2.51. The molecule has 0 radical (unpaired) electrons. The second-order valence-electron chi connectivity index (χ2n) is 3.42. The Morgan fingerprint density at radius 3 is 2.09 bits per heavy atom. The Hall–Kier alpha value is -0.180. The Kier molecular flexibility index (Phi) is 3.93. The van der Waals surface area contributed by atoms with E-state index in [0.29, 0.717) is 6.42 Å². The Labute approximate surface area is 67.4 Å². The van der Waals surface area contributed by atoms with Crippen LogP contribution in [0.3, 0.4) is 0 Å². The van der Waals surface area contributed by atoms with Gasteiger partial charge in [-0.05, 0) is 34.4 Å². The topological polar surface area (TPSA) is 3.24 Å². The fourth-order valence-electron chi connectivity index (χ4n) is 0.721. The first-order chi connectivity index (χ1) is 4.83. The van der Waals surface area contributed by atoms with Crippen molar-refractivity contribution in [3.05, 3.63) is 0 Å². The molecule has 11 heavy (non-hydrogen) atoms. The average Bonchev–Trinajstić information content (AvgIpc) is 1.80. The van der Waals surface area contributed by atoms with Crippen LogP contribution in [0, 0.1) is 0 Å². The summed E-state index contributed by atoms with van der Waals surface area (Å²) in [6.45, 7) is 2.92. The Morgan fingerprint density at radius 1 is 1.36 bits per heavy atom. The molecule has 0 unspecified atom stereocenters. The third-order valence-corrected chi connectivity index (χ3v) is 1.88. The van der Waals surface area contributed by atoms with E-state index in [9.17, 15) is 8.78 Å². The van der Waals surface area contributed by atoms with Gasteiger partial charge in [-0.15, -0.1) is 0 Å². The molecule has 1 atom stereocenters. The molecule has 0 heterocycles. The fourth-order valence-corrected chi connectivity index (χ4v) is 0.721. The molecule has 0 aliphatic carbocycles. The van der Waals surface area contributed by atoms with Gasteiger partial charge in [0.05, 0.1) is 0 Å². The lowest BCUT2D eigenvalue weighted by Crippen LogP contribution is -2.26. The molecule has 0 bridgehead atoms.